The molecule has 0 atom stereocenters. The summed E-state index contributed by atoms with van der Waals surface area (Å²) in [6, 6.07) is 10.1. The number of rotatable bonds is 9. The summed E-state index contributed by atoms with van der Waals surface area (Å²) in [5.74, 6) is -1.30. The largest absolute Gasteiger partial charge is 0.481 e. The van der Waals surface area contributed by atoms with Gasteiger partial charge in [-0.3, -0.25) is 14.3 Å². The van der Waals surface area contributed by atoms with Gasteiger partial charge in [0, 0.05) is 22.5 Å². The lowest BCUT2D eigenvalue weighted by atomic mass is 9.99. The van der Waals surface area contributed by atoms with Crippen LogP contribution in [0.15, 0.2) is 42.5 Å². The average molecular weight is 502 g/mol. The number of halogens is 3. The predicted octanol–water partition coefficient (Wildman–Crippen LogP) is 6.21. The van der Waals surface area contributed by atoms with Crippen LogP contribution in [0, 0.1) is 6.92 Å². The first kappa shape index (κ1) is 27.0. The third-order valence-corrected chi connectivity index (χ3v) is 5.88. The molecule has 1 aromatic heterocycles. The Morgan fingerprint density at radius 1 is 1.11 bits per heavy atom. The fraction of sp³-hybridized carbons (Fsp3) is 0.370. The molecule has 0 spiro atoms. The van der Waals surface area contributed by atoms with Gasteiger partial charge in [-0.2, -0.15) is 18.3 Å². The lowest BCUT2D eigenvalue weighted by Gasteiger charge is -2.13. The lowest BCUT2D eigenvalue weighted by Crippen LogP contribution is -2.15. The first-order valence-electron chi connectivity index (χ1n) is 11.8. The normalized spacial score (nSPS) is 11.7. The highest BCUT2D eigenvalue weighted by atomic mass is 19.4. The number of aliphatic carboxylic acids is 1. The fourth-order valence-electron chi connectivity index (χ4n) is 4.27. The number of carboxylic acid groups (broad SMARTS) is 1. The molecule has 1 heterocycles. The average Bonchev–Trinajstić information content (AvgIpc) is 3.10. The Kier molecular flexibility index (Phi) is 8.22. The summed E-state index contributed by atoms with van der Waals surface area (Å²) in [5, 5.41) is 16.8. The molecule has 3 rings (SSSR count). The van der Waals surface area contributed by atoms with Crippen LogP contribution in [0.4, 0.5) is 18.9 Å². The van der Waals surface area contributed by atoms with E-state index in [1.165, 1.54) is 13.0 Å². The number of amides is 1. The van der Waals surface area contributed by atoms with Crippen molar-refractivity contribution in [3.63, 3.8) is 0 Å². The van der Waals surface area contributed by atoms with Crippen molar-refractivity contribution in [3.05, 3.63) is 81.7 Å². The van der Waals surface area contributed by atoms with E-state index in [1.54, 1.807) is 12.1 Å². The summed E-state index contributed by atoms with van der Waals surface area (Å²) in [6.07, 6.45) is -2.99. The van der Waals surface area contributed by atoms with E-state index in [0.29, 0.717) is 18.7 Å². The highest BCUT2D eigenvalue weighted by Crippen LogP contribution is 2.31. The first-order valence-corrected chi connectivity index (χ1v) is 11.8. The van der Waals surface area contributed by atoms with Crippen LogP contribution >= 0.6 is 0 Å². The third-order valence-electron chi connectivity index (χ3n) is 5.88. The van der Waals surface area contributed by atoms with Gasteiger partial charge in [-0.15, -0.1) is 0 Å². The molecular formula is C27H30F3N3O3. The molecule has 0 saturated carbocycles. The Hall–Kier alpha value is -3.62. The first-order chi connectivity index (χ1) is 16.9. The fourth-order valence-corrected chi connectivity index (χ4v) is 4.27. The maximum absolute atomic E-state index is 12.9. The number of carbonyl (C=O) groups is 2. The molecule has 192 valence electrons. The van der Waals surface area contributed by atoms with E-state index in [1.807, 2.05) is 37.6 Å². The van der Waals surface area contributed by atoms with Crippen LogP contribution in [0.1, 0.15) is 77.1 Å². The van der Waals surface area contributed by atoms with Crippen LogP contribution < -0.4 is 5.32 Å². The molecule has 0 radical (unpaired) electrons. The molecule has 0 unspecified atom stereocenters. The summed E-state index contributed by atoms with van der Waals surface area (Å²) in [5.41, 5.74) is 3.50. The molecule has 0 aliphatic heterocycles. The van der Waals surface area contributed by atoms with E-state index in [2.05, 4.69) is 5.32 Å². The molecule has 2 N–H and O–H groups in total. The lowest BCUT2D eigenvalue weighted by molar-refractivity contribution is -0.138. The van der Waals surface area contributed by atoms with Crippen LogP contribution in [0.25, 0.3) is 0 Å². The van der Waals surface area contributed by atoms with Crippen LogP contribution in [0.3, 0.4) is 0 Å². The van der Waals surface area contributed by atoms with Gasteiger partial charge >= 0.3 is 12.1 Å². The molecule has 0 aliphatic carbocycles. The monoisotopic (exact) mass is 501 g/mol. The Morgan fingerprint density at radius 2 is 1.78 bits per heavy atom. The molecule has 3 aromatic rings. The Bertz CT molecular complexity index is 1250. The molecule has 36 heavy (non-hydrogen) atoms. The Labute approximate surface area is 208 Å². The number of anilines is 1. The molecule has 0 aliphatic rings. The second-order valence-electron chi connectivity index (χ2n) is 9.12. The van der Waals surface area contributed by atoms with Crippen molar-refractivity contribution >= 4 is 17.6 Å². The van der Waals surface area contributed by atoms with Crippen molar-refractivity contribution in [3.8, 4) is 0 Å². The molecule has 9 heteroatoms. The van der Waals surface area contributed by atoms with Gasteiger partial charge in [-0.05, 0) is 60.7 Å². The summed E-state index contributed by atoms with van der Waals surface area (Å²) < 4.78 is 40.5. The quantitative estimate of drug-likeness (QED) is 0.365. The number of benzene rings is 2. The van der Waals surface area contributed by atoms with E-state index >= 15 is 0 Å². The number of nitrogens with one attached hydrogen (secondary N) is 1. The second kappa shape index (κ2) is 11.0. The van der Waals surface area contributed by atoms with Crippen molar-refractivity contribution in [2.24, 2.45) is 0 Å². The number of carbonyl (C=O) groups excluding carboxylic acids is 1. The number of hydrogen-bond acceptors (Lipinski definition) is 3. The summed E-state index contributed by atoms with van der Waals surface area (Å²) in [4.78, 5) is 24.1. The Morgan fingerprint density at radius 3 is 2.31 bits per heavy atom. The highest BCUT2D eigenvalue weighted by Gasteiger charge is 2.31. The van der Waals surface area contributed by atoms with E-state index < -0.39 is 23.6 Å². The van der Waals surface area contributed by atoms with Crippen LogP contribution in [0.2, 0.25) is 0 Å². The summed E-state index contributed by atoms with van der Waals surface area (Å²) >= 11 is 0. The van der Waals surface area contributed by atoms with Crippen molar-refractivity contribution in [2.45, 2.75) is 65.6 Å². The van der Waals surface area contributed by atoms with Crippen molar-refractivity contribution < 1.29 is 27.9 Å². The molecule has 6 nitrogen and oxygen atoms in total. The maximum atomic E-state index is 12.9. The molecule has 1 amide bonds. The zero-order chi connectivity index (χ0) is 26.6. The number of hydrogen-bond donors (Lipinski definition) is 2. The molecule has 2 aromatic carbocycles. The van der Waals surface area contributed by atoms with E-state index in [0.717, 1.165) is 41.1 Å². The van der Waals surface area contributed by atoms with Crippen molar-refractivity contribution in [1.29, 1.82) is 0 Å². The number of nitrogens with zero attached hydrogens (tertiary/aromatic N) is 2. The van der Waals surface area contributed by atoms with Gasteiger partial charge in [0.25, 0.3) is 5.91 Å². The molecular weight excluding hydrogens is 471 g/mol. The maximum Gasteiger partial charge on any atom is 0.416 e. The third kappa shape index (κ3) is 6.33. The molecule has 0 bridgehead atoms. The van der Waals surface area contributed by atoms with E-state index in [9.17, 15) is 27.9 Å². The number of carboxylic acids is 1. The zero-order valence-corrected chi connectivity index (χ0v) is 20.7. The van der Waals surface area contributed by atoms with Crippen molar-refractivity contribution in [2.75, 3.05) is 5.32 Å². The molecule has 0 fully saturated rings. The van der Waals surface area contributed by atoms with Gasteiger partial charge in [0.2, 0.25) is 0 Å². The van der Waals surface area contributed by atoms with Gasteiger partial charge in [-0.25, -0.2) is 0 Å². The standard InChI is InChI=1S/C27H30F3N3O3/c1-5-6-23-22(14-24(34)35)25(16(2)3)33(32-23)15-18-7-10-20(11-8-18)31-26(36)21-12-9-19(13-17(21)4)27(28,29)30/h7-13,16H,5-6,14-15H2,1-4H3,(H,31,36)(H,34,35). The van der Waals surface area contributed by atoms with Crippen molar-refractivity contribution in [1.82, 2.24) is 9.78 Å². The van der Waals surface area contributed by atoms with Crippen LogP contribution in [0.5, 0.6) is 0 Å². The number of aromatic nitrogens is 2. The zero-order valence-electron chi connectivity index (χ0n) is 20.7. The van der Waals surface area contributed by atoms with E-state index in [-0.39, 0.29) is 23.5 Å². The summed E-state index contributed by atoms with van der Waals surface area (Å²) in [7, 11) is 0. The van der Waals surface area contributed by atoms with Gasteiger partial charge in [-0.1, -0.05) is 39.3 Å². The van der Waals surface area contributed by atoms with Gasteiger partial charge in [0.1, 0.15) is 0 Å². The SMILES string of the molecule is CCCc1nn(Cc2ccc(NC(=O)c3ccc(C(F)(F)F)cc3C)cc2)c(C(C)C)c1CC(=O)O. The van der Waals surface area contributed by atoms with Gasteiger partial charge in [0.05, 0.1) is 24.2 Å². The number of alkyl halides is 3. The molecule has 0 saturated heterocycles. The van der Waals surface area contributed by atoms with Crippen LogP contribution in [-0.4, -0.2) is 26.8 Å². The van der Waals surface area contributed by atoms with Gasteiger partial charge in [0.15, 0.2) is 0 Å². The Balaban J connectivity index is 1.79. The van der Waals surface area contributed by atoms with Gasteiger partial charge < -0.3 is 10.4 Å². The smallest absolute Gasteiger partial charge is 0.416 e. The summed E-state index contributed by atoms with van der Waals surface area (Å²) in [6.45, 7) is 7.95. The predicted molar refractivity (Wildman–Crippen MR) is 131 cm³/mol. The highest BCUT2D eigenvalue weighted by molar-refractivity contribution is 6.05. The minimum atomic E-state index is -4.47. The van der Waals surface area contributed by atoms with Crippen LogP contribution in [-0.2, 0) is 30.4 Å². The number of aryl methyl sites for hydroxylation is 2. The minimum absolute atomic E-state index is 0.0722. The topological polar surface area (TPSA) is 84.2 Å². The minimum Gasteiger partial charge on any atom is -0.481 e. The van der Waals surface area contributed by atoms with E-state index in [4.69, 9.17) is 5.10 Å². The second-order valence-corrected chi connectivity index (χ2v) is 9.12.